The molecule has 6 heteroatoms. The van der Waals surface area contributed by atoms with E-state index >= 15 is 0 Å². The summed E-state index contributed by atoms with van der Waals surface area (Å²) >= 11 is 3.42. The van der Waals surface area contributed by atoms with Gasteiger partial charge in [0.25, 0.3) is 5.91 Å². The Kier molecular flexibility index (Phi) is 5.04. The minimum Gasteiger partial charge on any atom is -0.322 e. The third kappa shape index (κ3) is 3.87. The van der Waals surface area contributed by atoms with Crippen LogP contribution in [0.1, 0.15) is 10.4 Å². The summed E-state index contributed by atoms with van der Waals surface area (Å²) in [6.07, 6.45) is 1.70. The maximum atomic E-state index is 13.1. The Morgan fingerprint density at radius 1 is 0.929 bits per heavy atom. The number of carbonyl (C=O) groups is 1. The van der Waals surface area contributed by atoms with E-state index < -0.39 is 0 Å². The maximum absolute atomic E-state index is 13.1. The first-order valence-corrected chi connectivity index (χ1v) is 9.37. The van der Waals surface area contributed by atoms with Crippen LogP contribution >= 0.6 is 15.9 Å². The summed E-state index contributed by atoms with van der Waals surface area (Å²) in [6.45, 7) is 0. The Morgan fingerprint density at radius 2 is 1.61 bits per heavy atom. The zero-order valence-corrected chi connectivity index (χ0v) is 16.2. The predicted octanol–water partition coefficient (Wildman–Crippen LogP) is 5.69. The summed E-state index contributed by atoms with van der Waals surface area (Å²) in [5, 5.41) is 7.44. The quantitative estimate of drug-likeness (QED) is 0.447. The molecule has 0 atom stereocenters. The Morgan fingerprint density at radius 3 is 2.29 bits per heavy atom. The number of benzene rings is 3. The topological polar surface area (TPSA) is 46.9 Å². The number of aromatic nitrogens is 2. The van der Waals surface area contributed by atoms with Crippen LogP contribution in [-0.4, -0.2) is 15.7 Å². The van der Waals surface area contributed by atoms with Crippen molar-refractivity contribution in [3.05, 3.63) is 101 Å². The first-order valence-electron chi connectivity index (χ1n) is 8.58. The molecule has 0 fully saturated rings. The molecule has 0 aliphatic carbocycles. The summed E-state index contributed by atoms with van der Waals surface area (Å²) in [5.74, 6) is -0.669. The maximum Gasteiger partial charge on any atom is 0.259 e. The van der Waals surface area contributed by atoms with Crippen LogP contribution in [0.4, 0.5) is 10.1 Å². The van der Waals surface area contributed by atoms with Crippen molar-refractivity contribution in [3.8, 4) is 16.9 Å². The summed E-state index contributed by atoms with van der Waals surface area (Å²) in [6, 6.07) is 22.8. The van der Waals surface area contributed by atoms with Crippen LogP contribution in [0.15, 0.2) is 89.5 Å². The zero-order valence-electron chi connectivity index (χ0n) is 14.6. The summed E-state index contributed by atoms with van der Waals surface area (Å²) < 4.78 is 15.7. The third-order valence-corrected chi connectivity index (χ3v) is 4.73. The van der Waals surface area contributed by atoms with E-state index in [-0.39, 0.29) is 11.7 Å². The number of amides is 1. The molecule has 1 amide bonds. The first-order chi connectivity index (χ1) is 13.6. The summed E-state index contributed by atoms with van der Waals surface area (Å²) in [7, 11) is 0. The second-order valence-corrected chi connectivity index (χ2v) is 7.06. The van der Waals surface area contributed by atoms with Crippen LogP contribution in [0, 0.1) is 5.82 Å². The van der Waals surface area contributed by atoms with Gasteiger partial charge in [-0.2, -0.15) is 5.10 Å². The molecule has 1 aromatic heterocycles. The Labute approximate surface area is 169 Å². The van der Waals surface area contributed by atoms with Crippen LogP contribution in [0.25, 0.3) is 16.9 Å². The normalized spacial score (nSPS) is 10.6. The van der Waals surface area contributed by atoms with E-state index in [0.29, 0.717) is 16.9 Å². The number of anilines is 1. The number of rotatable bonds is 4. The SMILES string of the molecule is O=C(Nc1ccc(F)cc1)c1cn(-c2ccccc2)nc1-c1ccc(Br)cc1. The molecule has 4 rings (SSSR count). The first kappa shape index (κ1) is 18.1. The van der Waals surface area contributed by atoms with Crippen LogP contribution in [0.3, 0.4) is 0 Å². The highest BCUT2D eigenvalue weighted by molar-refractivity contribution is 9.10. The molecule has 28 heavy (non-hydrogen) atoms. The molecular formula is C22H15BrFN3O. The molecule has 1 N–H and O–H groups in total. The average molecular weight is 436 g/mol. The molecule has 0 aliphatic heterocycles. The molecule has 0 unspecified atom stereocenters. The predicted molar refractivity (Wildman–Crippen MR) is 111 cm³/mol. The minimum absolute atomic E-state index is 0.313. The van der Waals surface area contributed by atoms with Gasteiger partial charge in [0.1, 0.15) is 11.5 Å². The van der Waals surface area contributed by atoms with Crippen molar-refractivity contribution in [1.82, 2.24) is 9.78 Å². The van der Waals surface area contributed by atoms with E-state index in [2.05, 4.69) is 26.3 Å². The van der Waals surface area contributed by atoms with E-state index in [1.807, 2.05) is 54.6 Å². The molecule has 0 bridgehead atoms. The van der Waals surface area contributed by atoms with Gasteiger partial charge in [-0.1, -0.05) is 46.3 Å². The molecule has 3 aromatic carbocycles. The molecule has 0 saturated heterocycles. The molecule has 0 radical (unpaired) electrons. The highest BCUT2D eigenvalue weighted by Crippen LogP contribution is 2.26. The van der Waals surface area contributed by atoms with E-state index in [1.54, 1.807) is 10.9 Å². The molecule has 1 heterocycles. The van der Waals surface area contributed by atoms with Crippen molar-refractivity contribution < 1.29 is 9.18 Å². The van der Waals surface area contributed by atoms with Gasteiger partial charge in [0.2, 0.25) is 0 Å². The van der Waals surface area contributed by atoms with Gasteiger partial charge in [-0.05, 0) is 48.5 Å². The van der Waals surface area contributed by atoms with Crippen molar-refractivity contribution in [1.29, 1.82) is 0 Å². The number of nitrogens with one attached hydrogen (secondary N) is 1. The highest BCUT2D eigenvalue weighted by Gasteiger charge is 2.19. The molecule has 138 valence electrons. The lowest BCUT2D eigenvalue weighted by Gasteiger charge is -2.05. The van der Waals surface area contributed by atoms with E-state index in [0.717, 1.165) is 15.7 Å². The van der Waals surface area contributed by atoms with Gasteiger partial charge < -0.3 is 5.32 Å². The lowest BCUT2D eigenvalue weighted by Crippen LogP contribution is -2.12. The lowest BCUT2D eigenvalue weighted by atomic mass is 10.1. The van der Waals surface area contributed by atoms with Crippen LogP contribution in [-0.2, 0) is 0 Å². The van der Waals surface area contributed by atoms with Crippen molar-refractivity contribution >= 4 is 27.5 Å². The molecule has 4 aromatic rings. The third-order valence-electron chi connectivity index (χ3n) is 4.20. The van der Waals surface area contributed by atoms with Gasteiger partial charge in [-0.15, -0.1) is 0 Å². The number of carbonyl (C=O) groups excluding carboxylic acids is 1. The van der Waals surface area contributed by atoms with Gasteiger partial charge in [0.05, 0.1) is 11.3 Å². The Bertz CT molecular complexity index is 1110. The van der Waals surface area contributed by atoms with Crippen molar-refractivity contribution in [3.63, 3.8) is 0 Å². The van der Waals surface area contributed by atoms with Gasteiger partial charge in [0.15, 0.2) is 0 Å². The standard InChI is InChI=1S/C22H15BrFN3O/c23-16-8-6-15(7-9-16)21-20(14-27(26-21)19-4-2-1-3-5-19)22(28)25-18-12-10-17(24)11-13-18/h1-14H,(H,25,28). The molecule has 0 aliphatic rings. The van der Waals surface area contributed by atoms with E-state index in [9.17, 15) is 9.18 Å². The molecule has 4 nitrogen and oxygen atoms in total. The summed E-state index contributed by atoms with van der Waals surface area (Å²) in [5.41, 5.74) is 3.18. The van der Waals surface area contributed by atoms with Crippen LogP contribution < -0.4 is 5.32 Å². The highest BCUT2D eigenvalue weighted by atomic mass is 79.9. The Hall–Kier alpha value is -3.25. The van der Waals surface area contributed by atoms with Crippen molar-refractivity contribution in [2.75, 3.05) is 5.32 Å². The number of nitrogens with zero attached hydrogens (tertiary/aromatic N) is 2. The number of hydrogen-bond donors (Lipinski definition) is 1. The number of halogens is 2. The fraction of sp³-hybridized carbons (Fsp3) is 0. The van der Waals surface area contributed by atoms with Gasteiger partial charge in [0, 0.05) is 21.9 Å². The van der Waals surface area contributed by atoms with Crippen molar-refractivity contribution in [2.24, 2.45) is 0 Å². The molecule has 0 saturated carbocycles. The van der Waals surface area contributed by atoms with Gasteiger partial charge in [-0.3, -0.25) is 4.79 Å². The largest absolute Gasteiger partial charge is 0.322 e. The Balaban J connectivity index is 1.75. The van der Waals surface area contributed by atoms with E-state index in [4.69, 9.17) is 0 Å². The van der Waals surface area contributed by atoms with Gasteiger partial charge >= 0.3 is 0 Å². The van der Waals surface area contributed by atoms with Crippen LogP contribution in [0.2, 0.25) is 0 Å². The number of para-hydroxylation sites is 1. The fourth-order valence-electron chi connectivity index (χ4n) is 2.81. The molecular weight excluding hydrogens is 421 g/mol. The lowest BCUT2D eigenvalue weighted by molar-refractivity contribution is 0.102. The fourth-order valence-corrected chi connectivity index (χ4v) is 3.07. The second kappa shape index (κ2) is 7.78. The van der Waals surface area contributed by atoms with E-state index in [1.165, 1.54) is 24.3 Å². The average Bonchev–Trinajstić information content (AvgIpc) is 3.17. The smallest absolute Gasteiger partial charge is 0.259 e. The molecule has 0 spiro atoms. The monoisotopic (exact) mass is 435 g/mol. The summed E-state index contributed by atoms with van der Waals surface area (Å²) in [4.78, 5) is 12.9. The second-order valence-electron chi connectivity index (χ2n) is 6.14. The minimum atomic E-state index is -0.356. The zero-order chi connectivity index (χ0) is 19.5. The van der Waals surface area contributed by atoms with Crippen molar-refractivity contribution in [2.45, 2.75) is 0 Å². The van der Waals surface area contributed by atoms with Gasteiger partial charge in [-0.25, -0.2) is 9.07 Å². The number of hydrogen-bond acceptors (Lipinski definition) is 2. The van der Waals surface area contributed by atoms with Crippen LogP contribution in [0.5, 0.6) is 0 Å².